The second kappa shape index (κ2) is 7.67. The van der Waals surface area contributed by atoms with Crippen LogP contribution in [0.5, 0.6) is 0 Å². The van der Waals surface area contributed by atoms with E-state index in [9.17, 15) is 4.79 Å². The molecule has 1 atom stereocenters. The number of hydrogen-bond acceptors (Lipinski definition) is 3. The van der Waals surface area contributed by atoms with E-state index >= 15 is 0 Å². The summed E-state index contributed by atoms with van der Waals surface area (Å²) in [5.41, 5.74) is 0. The molecule has 1 aromatic rings. The number of aryl methyl sites for hydroxylation is 1. The minimum atomic E-state index is -0.0220. The first-order valence-electron chi connectivity index (χ1n) is 5.94. The molecule has 96 valence electrons. The maximum Gasteiger partial charge on any atom is 0.263 e. The lowest BCUT2D eigenvalue weighted by Gasteiger charge is -2.14. The first-order valence-corrected chi connectivity index (χ1v) is 7.29. The lowest BCUT2D eigenvalue weighted by atomic mass is 10.0. The molecule has 0 spiro atoms. The zero-order chi connectivity index (χ0) is 12.7. The molecule has 0 aliphatic heterocycles. The van der Waals surface area contributed by atoms with Gasteiger partial charge in [-0.2, -0.15) is 0 Å². The largest absolute Gasteiger partial charge is 0.351 e. The van der Waals surface area contributed by atoms with Crippen LogP contribution in [0.4, 0.5) is 0 Å². The number of thiazole rings is 1. The average Bonchev–Trinajstić information content (AvgIpc) is 2.73. The minimum absolute atomic E-state index is 0.0220. The van der Waals surface area contributed by atoms with Crippen LogP contribution in [0.2, 0.25) is 0 Å². The van der Waals surface area contributed by atoms with E-state index in [-0.39, 0.29) is 5.91 Å². The van der Waals surface area contributed by atoms with Gasteiger partial charge in [-0.3, -0.25) is 4.79 Å². The van der Waals surface area contributed by atoms with Crippen LogP contribution in [-0.4, -0.2) is 23.3 Å². The Morgan fingerprint density at radius 2 is 2.35 bits per heavy atom. The van der Waals surface area contributed by atoms with E-state index in [1.807, 2.05) is 6.92 Å². The fourth-order valence-electron chi connectivity index (χ4n) is 1.70. The van der Waals surface area contributed by atoms with Crippen LogP contribution < -0.4 is 5.32 Å². The van der Waals surface area contributed by atoms with Gasteiger partial charge in [0, 0.05) is 12.4 Å². The Balaban J connectivity index is 2.40. The third-order valence-corrected chi connectivity index (χ3v) is 3.74. The highest BCUT2D eigenvalue weighted by atomic mass is 35.5. The van der Waals surface area contributed by atoms with Gasteiger partial charge in [0.1, 0.15) is 4.88 Å². The van der Waals surface area contributed by atoms with E-state index in [0.29, 0.717) is 23.2 Å². The fraction of sp³-hybridized carbons (Fsp3) is 0.667. The normalized spacial score (nSPS) is 12.4. The van der Waals surface area contributed by atoms with Crippen molar-refractivity contribution in [2.45, 2.75) is 33.1 Å². The SMILES string of the molecule is CCCC(CCCl)CNC(=O)c1cnc(C)s1. The zero-order valence-electron chi connectivity index (χ0n) is 10.3. The maximum absolute atomic E-state index is 11.8. The average molecular weight is 275 g/mol. The smallest absolute Gasteiger partial charge is 0.263 e. The number of carbonyl (C=O) groups is 1. The summed E-state index contributed by atoms with van der Waals surface area (Å²) in [4.78, 5) is 16.6. The van der Waals surface area contributed by atoms with Crippen molar-refractivity contribution in [3.8, 4) is 0 Å². The summed E-state index contributed by atoms with van der Waals surface area (Å²) < 4.78 is 0. The maximum atomic E-state index is 11.8. The van der Waals surface area contributed by atoms with Gasteiger partial charge >= 0.3 is 0 Å². The minimum Gasteiger partial charge on any atom is -0.351 e. The molecule has 0 fully saturated rings. The molecule has 17 heavy (non-hydrogen) atoms. The molecule has 3 nitrogen and oxygen atoms in total. The van der Waals surface area contributed by atoms with Crippen LogP contribution in [0.15, 0.2) is 6.20 Å². The van der Waals surface area contributed by atoms with Crippen LogP contribution in [0.1, 0.15) is 40.9 Å². The molecule has 1 unspecified atom stereocenters. The summed E-state index contributed by atoms with van der Waals surface area (Å²) in [7, 11) is 0. The lowest BCUT2D eigenvalue weighted by Crippen LogP contribution is -2.29. The number of nitrogens with one attached hydrogen (secondary N) is 1. The third kappa shape index (κ3) is 5.04. The van der Waals surface area contributed by atoms with E-state index in [1.165, 1.54) is 11.3 Å². The van der Waals surface area contributed by atoms with E-state index in [1.54, 1.807) is 6.20 Å². The fourth-order valence-corrected chi connectivity index (χ4v) is 2.70. The van der Waals surface area contributed by atoms with E-state index < -0.39 is 0 Å². The Labute approximate surface area is 112 Å². The number of amides is 1. The van der Waals surface area contributed by atoms with Crippen molar-refractivity contribution in [1.29, 1.82) is 0 Å². The molecular formula is C12H19ClN2OS. The quantitative estimate of drug-likeness (QED) is 0.776. The van der Waals surface area contributed by atoms with Gasteiger partial charge in [-0.05, 0) is 25.7 Å². The molecule has 0 saturated carbocycles. The Hall–Kier alpha value is -0.610. The number of rotatable bonds is 7. The molecule has 5 heteroatoms. The topological polar surface area (TPSA) is 42.0 Å². The molecule has 1 rings (SSSR count). The predicted molar refractivity (Wildman–Crippen MR) is 72.9 cm³/mol. The monoisotopic (exact) mass is 274 g/mol. The number of aromatic nitrogens is 1. The van der Waals surface area contributed by atoms with Gasteiger partial charge in [-0.1, -0.05) is 13.3 Å². The number of carbonyl (C=O) groups excluding carboxylic acids is 1. The van der Waals surface area contributed by atoms with Gasteiger partial charge in [0.2, 0.25) is 0 Å². The van der Waals surface area contributed by atoms with Crippen molar-refractivity contribution in [3.63, 3.8) is 0 Å². The van der Waals surface area contributed by atoms with Crippen LogP contribution in [0.25, 0.3) is 0 Å². The van der Waals surface area contributed by atoms with Crippen LogP contribution in [0.3, 0.4) is 0 Å². The molecule has 0 aliphatic rings. The molecule has 1 N–H and O–H groups in total. The van der Waals surface area contributed by atoms with Crippen molar-refractivity contribution in [2.75, 3.05) is 12.4 Å². The first kappa shape index (κ1) is 14.5. The molecule has 0 radical (unpaired) electrons. The lowest BCUT2D eigenvalue weighted by molar-refractivity contribution is 0.0950. The molecule has 0 aromatic carbocycles. The van der Waals surface area contributed by atoms with Crippen molar-refractivity contribution >= 4 is 28.8 Å². The number of hydrogen-bond donors (Lipinski definition) is 1. The summed E-state index contributed by atoms with van der Waals surface area (Å²) in [5.74, 6) is 1.11. The van der Waals surface area contributed by atoms with Gasteiger partial charge in [0.15, 0.2) is 0 Å². The molecule has 0 saturated heterocycles. The van der Waals surface area contributed by atoms with Crippen molar-refractivity contribution < 1.29 is 4.79 Å². The number of halogens is 1. The summed E-state index contributed by atoms with van der Waals surface area (Å²) in [6, 6.07) is 0. The molecule has 1 heterocycles. The number of alkyl halides is 1. The Morgan fingerprint density at radius 3 is 2.88 bits per heavy atom. The third-order valence-electron chi connectivity index (χ3n) is 2.61. The zero-order valence-corrected chi connectivity index (χ0v) is 11.9. The van der Waals surface area contributed by atoms with Gasteiger partial charge in [0.05, 0.1) is 11.2 Å². The predicted octanol–water partition coefficient (Wildman–Crippen LogP) is 3.23. The van der Waals surface area contributed by atoms with E-state index in [2.05, 4.69) is 17.2 Å². The summed E-state index contributed by atoms with van der Waals surface area (Å²) in [6.07, 6.45) is 4.81. The summed E-state index contributed by atoms with van der Waals surface area (Å²) in [5, 5.41) is 3.87. The van der Waals surface area contributed by atoms with Gasteiger partial charge in [0.25, 0.3) is 5.91 Å². The Kier molecular flexibility index (Phi) is 6.52. The van der Waals surface area contributed by atoms with Crippen molar-refractivity contribution in [3.05, 3.63) is 16.1 Å². The standard InChI is InChI=1S/C12H19ClN2OS/c1-3-4-10(5-6-13)7-15-12(16)11-8-14-9(2)17-11/h8,10H,3-7H2,1-2H3,(H,15,16). The van der Waals surface area contributed by atoms with E-state index in [4.69, 9.17) is 11.6 Å². The summed E-state index contributed by atoms with van der Waals surface area (Å²) >= 11 is 7.17. The summed E-state index contributed by atoms with van der Waals surface area (Å²) in [6.45, 7) is 4.75. The Bertz CT molecular complexity index is 348. The molecular weight excluding hydrogens is 256 g/mol. The van der Waals surface area contributed by atoms with E-state index in [0.717, 1.165) is 24.3 Å². The molecule has 0 bridgehead atoms. The molecule has 1 aromatic heterocycles. The van der Waals surface area contributed by atoms with Gasteiger partial charge in [-0.15, -0.1) is 22.9 Å². The first-order chi connectivity index (χ1) is 8.17. The van der Waals surface area contributed by atoms with Crippen LogP contribution >= 0.6 is 22.9 Å². The molecule has 0 aliphatic carbocycles. The highest BCUT2D eigenvalue weighted by molar-refractivity contribution is 7.13. The molecule has 1 amide bonds. The highest BCUT2D eigenvalue weighted by Gasteiger charge is 2.12. The van der Waals surface area contributed by atoms with Crippen molar-refractivity contribution in [1.82, 2.24) is 10.3 Å². The van der Waals surface area contributed by atoms with Gasteiger partial charge in [-0.25, -0.2) is 4.98 Å². The van der Waals surface area contributed by atoms with Gasteiger partial charge < -0.3 is 5.32 Å². The second-order valence-corrected chi connectivity index (χ2v) is 5.70. The highest BCUT2D eigenvalue weighted by Crippen LogP contribution is 2.13. The second-order valence-electron chi connectivity index (χ2n) is 4.09. The van der Waals surface area contributed by atoms with Crippen molar-refractivity contribution in [2.24, 2.45) is 5.92 Å². The Morgan fingerprint density at radius 1 is 1.59 bits per heavy atom. The number of nitrogens with zero attached hydrogens (tertiary/aromatic N) is 1. The van der Waals surface area contributed by atoms with Crippen LogP contribution in [0, 0.1) is 12.8 Å². The van der Waals surface area contributed by atoms with Crippen LogP contribution in [-0.2, 0) is 0 Å².